The Morgan fingerprint density at radius 1 is 0.750 bits per heavy atom. The zero-order valence-electron chi connectivity index (χ0n) is 18.3. The molecule has 0 radical (unpaired) electrons. The molecular formula is C25H40ClPPd. The summed E-state index contributed by atoms with van der Waals surface area (Å²) in [6.45, 7) is 9.37. The molecule has 0 bridgehead atoms. The van der Waals surface area contributed by atoms with Crippen molar-refractivity contribution in [1.82, 2.24) is 0 Å². The average Bonchev–Trinajstić information content (AvgIpc) is 2.70. The van der Waals surface area contributed by atoms with Gasteiger partial charge in [-0.05, 0) is 86.5 Å². The van der Waals surface area contributed by atoms with Crippen LogP contribution in [-0.4, -0.2) is 11.3 Å². The standard InChI is InChI=1S/C25H40ClP.Pd/c1-19(2)21-15-22(20(3)4)17-25(16-21)27(18-26,23-11-7-5-8-12-23)24-13-9-6-10-14-24;/h15-20,23-24H,5-14H2,1-4H3;. The van der Waals surface area contributed by atoms with Gasteiger partial charge in [-0.1, -0.05) is 59.5 Å². The molecule has 2 aliphatic carbocycles. The van der Waals surface area contributed by atoms with E-state index in [2.05, 4.69) is 51.5 Å². The Kier molecular flexibility index (Phi) is 10.0. The summed E-state index contributed by atoms with van der Waals surface area (Å²) in [6.07, 6.45) is 14.1. The third kappa shape index (κ3) is 5.26. The SMILES string of the molecule is CC(C)c1cc(C(C)C)cc([P+]([CH-]Cl)(C2CCCCC2)C2CCCCC2)c1.[Pd]. The zero-order valence-corrected chi connectivity index (χ0v) is 21.5. The maximum absolute atomic E-state index is 6.91. The third-order valence-electron chi connectivity index (χ3n) is 7.26. The molecule has 0 amide bonds. The van der Waals surface area contributed by atoms with E-state index < -0.39 is 7.26 Å². The normalized spacial score (nSPS) is 19.8. The van der Waals surface area contributed by atoms with Crippen molar-refractivity contribution in [3.63, 3.8) is 0 Å². The van der Waals surface area contributed by atoms with E-state index in [9.17, 15) is 0 Å². The van der Waals surface area contributed by atoms with E-state index >= 15 is 0 Å². The molecule has 0 spiro atoms. The summed E-state index contributed by atoms with van der Waals surface area (Å²) < 4.78 is 0. The average molecular weight is 513 g/mol. The molecule has 0 saturated heterocycles. The first-order valence-corrected chi connectivity index (χ1v) is 13.9. The molecule has 0 aliphatic heterocycles. The molecule has 2 saturated carbocycles. The molecular weight excluding hydrogens is 473 g/mol. The first-order valence-electron chi connectivity index (χ1n) is 11.5. The molecule has 0 heterocycles. The molecule has 0 aromatic heterocycles. The largest absolute Gasteiger partial charge is 0.304 e. The molecule has 2 fully saturated rings. The van der Waals surface area contributed by atoms with E-state index in [-0.39, 0.29) is 20.4 Å². The quantitative estimate of drug-likeness (QED) is 0.203. The zero-order chi connectivity index (χ0) is 19.4. The Balaban J connectivity index is 0.00000280. The molecule has 0 atom stereocenters. The topological polar surface area (TPSA) is 0 Å². The molecule has 3 rings (SSSR count). The van der Waals surface area contributed by atoms with Gasteiger partial charge in [0.1, 0.15) is 0 Å². The fourth-order valence-electron chi connectivity index (χ4n) is 5.50. The van der Waals surface area contributed by atoms with Crippen molar-refractivity contribution >= 4 is 24.2 Å². The van der Waals surface area contributed by atoms with Crippen molar-refractivity contribution in [1.29, 1.82) is 0 Å². The van der Waals surface area contributed by atoms with E-state index in [0.29, 0.717) is 11.8 Å². The second-order valence-corrected chi connectivity index (χ2v) is 14.1. The fraction of sp³-hybridized carbons (Fsp3) is 0.720. The van der Waals surface area contributed by atoms with Crippen molar-refractivity contribution in [2.75, 3.05) is 0 Å². The van der Waals surface area contributed by atoms with Gasteiger partial charge in [0.25, 0.3) is 0 Å². The van der Waals surface area contributed by atoms with Gasteiger partial charge in [-0.2, -0.15) is 0 Å². The fourth-order valence-corrected chi connectivity index (χ4v) is 11.9. The molecule has 2 aliphatic rings. The van der Waals surface area contributed by atoms with E-state index in [1.807, 2.05) is 0 Å². The molecule has 3 heteroatoms. The predicted molar refractivity (Wildman–Crippen MR) is 125 cm³/mol. The minimum Gasteiger partial charge on any atom is -0.304 e. The van der Waals surface area contributed by atoms with E-state index in [1.54, 1.807) is 5.30 Å². The van der Waals surface area contributed by atoms with Gasteiger partial charge in [-0.3, -0.25) is 0 Å². The summed E-state index contributed by atoms with van der Waals surface area (Å²) in [5, 5.41) is 1.64. The van der Waals surface area contributed by atoms with E-state index in [1.165, 1.54) is 75.3 Å². The first kappa shape index (κ1) is 24.9. The van der Waals surface area contributed by atoms with Crippen molar-refractivity contribution in [2.45, 2.75) is 115 Å². The van der Waals surface area contributed by atoms with Gasteiger partial charge in [0.05, 0.1) is 5.30 Å². The van der Waals surface area contributed by atoms with Crippen LogP contribution in [0, 0.1) is 5.62 Å². The summed E-state index contributed by atoms with van der Waals surface area (Å²) in [5.41, 5.74) is 6.95. The van der Waals surface area contributed by atoms with Crippen molar-refractivity contribution in [2.24, 2.45) is 0 Å². The molecule has 1 aromatic carbocycles. The van der Waals surface area contributed by atoms with Gasteiger partial charge in [-0.15, -0.1) is 0 Å². The Morgan fingerprint density at radius 2 is 1.14 bits per heavy atom. The van der Waals surface area contributed by atoms with Gasteiger partial charge < -0.3 is 11.6 Å². The second kappa shape index (κ2) is 11.3. The second-order valence-electron chi connectivity index (χ2n) is 9.68. The third-order valence-corrected chi connectivity index (χ3v) is 13.2. The van der Waals surface area contributed by atoms with E-state index in [4.69, 9.17) is 11.6 Å². The Hall–Kier alpha value is 0.602. The molecule has 0 N–H and O–H groups in total. The molecule has 28 heavy (non-hydrogen) atoms. The van der Waals surface area contributed by atoms with Crippen LogP contribution in [0.5, 0.6) is 0 Å². The monoisotopic (exact) mass is 512 g/mol. The number of halogens is 1. The van der Waals surface area contributed by atoms with Crippen LogP contribution in [0.4, 0.5) is 0 Å². The van der Waals surface area contributed by atoms with Crippen LogP contribution in [0.25, 0.3) is 0 Å². The molecule has 1 aromatic rings. The Labute approximate surface area is 194 Å². The number of benzene rings is 1. The number of hydrogen-bond donors (Lipinski definition) is 0. The summed E-state index contributed by atoms with van der Waals surface area (Å²) in [6, 6.07) is 7.61. The van der Waals surface area contributed by atoms with Crippen LogP contribution >= 0.6 is 18.9 Å². The van der Waals surface area contributed by atoms with Crippen molar-refractivity contribution in [3.8, 4) is 0 Å². The summed E-state index contributed by atoms with van der Waals surface area (Å²) in [4.78, 5) is 0. The predicted octanol–water partition coefficient (Wildman–Crippen LogP) is 8.60. The van der Waals surface area contributed by atoms with Gasteiger partial charge in [-0.25, -0.2) is 0 Å². The van der Waals surface area contributed by atoms with Crippen molar-refractivity contribution in [3.05, 3.63) is 34.9 Å². The van der Waals surface area contributed by atoms with Crippen molar-refractivity contribution < 1.29 is 20.4 Å². The minimum absolute atomic E-state index is 0. The summed E-state index contributed by atoms with van der Waals surface area (Å²) in [7, 11) is -1.47. The minimum atomic E-state index is -1.47. The van der Waals surface area contributed by atoms with Gasteiger partial charge in [0, 0.05) is 31.7 Å². The van der Waals surface area contributed by atoms with Gasteiger partial charge in [0.15, 0.2) is 0 Å². The maximum atomic E-state index is 6.91. The Bertz CT molecular complexity index is 556. The molecule has 162 valence electrons. The van der Waals surface area contributed by atoms with Crippen LogP contribution in [-0.2, 0) is 20.4 Å². The smallest absolute Gasteiger partial charge is 0.0670 e. The number of rotatable bonds is 6. The van der Waals surface area contributed by atoms with E-state index in [0.717, 1.165) is 11.3 Å². The van der Waals surface area contributed by atoms with Crippen LogP contribution in [0.3, 0.4) is 0 Å². The molecule has 0 nitrogen and oxygen atoms in total. The van der Waals surface area contributed by atoms with Gasteiger partial charge in [0.2, 0.25) is 0 Å². The Morgan fingerprint density at radius 3 is 1.46 bits per heavy atom. The number of hydrogen-bond acceptors (Lipinski definition) is 0. The van der Waals surface area contributed by atoms with Crippen LogP contribution in [0.1, 0.15) is 115 Å². The maximum Gasteiger partial charge on any atom is 0.0670 e. The summed E-state index contributed by atoms with van der Waals surface area (Å²) >= 11 is 6.91. The van der Waals surface area contributed by atoms with Crippen LogP contribution < -0.4 is 5.30 Å². The first-order chi connectivity index (χ1) is 13.0. The summed E-state index contributed by atoms with van der Waals surface area (Å²) in [5.74, 6) is 1.16. The van der Waals surface area contributed by atoms with Gasteiger partial charge >= 0.3 is 0 Å². The van der Waals surface area contributed by atoms with Crippen LogP contribution in [0.15, 0.2) is 18.2 Å². The van der Waals surface area contributed by atoms with Crippen LogP contribution in [0.2, 0.25) is 0 Å². The molecule has 0 unspecified atom stereocenters.